The lowest BCUT2D eigenvalue weighted by Crippen LogP contribution is -2.33. The van der Waals surface area contributed by atoms with Crippen LogP contribution in [0.15, 0.2) is 28.0 Å². The lowest BCUT2D eigenvalue weighted by Gasteiger charge is -2.26. The van der Waals surface area contributed by atoms with E-state index < -0.39 is 16.0 Å². The van der Waals surface area contributed by atoms with E-state index in [1.807, 2.05) is 6.92 Å². The first-order valence-electron chi connectivity index (χ1n) is 9.14. The second-order valence-corrected chi connectivity index (χ2v) is 10.1. The smallest absolute Gasteiger partial charge is 0.306 e. The van der Waals surface area contributed by atoms with Gasteiger partial charge >= 0.3 is 5.97 Å². The predicted octanol–water partition coefficient (Wildman–Crippen LogP) is 2.68. The number of rotatable bonds is 6. The molecule has 0 bridgehead atoms. The summed E-state index contributed by atoms with van der Waals surface area (Å²) >= 11 is 1.45. The van der Waals surface area contributed by atoms with Gasteiger partial charge in [-0.15, -0.1) is 11.8 Å². The van der Waals surface area contributed by atoms with Crippen molar-refractivity contribution in [2.45, 2.75) is 54.1 Å². The largest absolute Gasteiger partial charge is 0.481 e. The van der Waals surface area contributed by atoms with E-state index in [0.717, 1.165) is 4.90 Å². The second kappa shape index (κ2) is 8.20. The standard InChI is InChI=1S/C18H24N2O5S2/c1-2-15-17(21)20-14-9-13(7-8-16(14)26-15)27(24,25)19-10-11-3-5-12(6-4-11)18(22)23/h7-9,11-12,15,19H,2-6,10H2,1H3,(H,20,21)(H,22,23)/t11?,12?,15-/m1/s1. The number of nitrogens with one attached hydrogen (secondary N) is 2. The molecule has 148 valence electrons. The molecule has 9 heteroatoms. The maximum Gasteiger partial charge on any atom is 0.306 e. The first-order chi connectivity index (χ1) is 12.8. The predicted molar refractivity (Wildman–Crippen MR) is 103 cm³/mol. The number of amides is 1. The monoisotopic (exact) mass is 412 g/mol. The number of carbonyl (C=O) groups is 2. The lowest BCUT2D eigenvalue weighted by atomic mass is 9.82. The summed E-state index contributed by atoms with van der Waals surface area (Å²) in [6.45, 7) is 2.24. The van der Waals surface area contributed by atoms with Crippen LogP contribution >= 0.6 is 11.8 Å². The van der Waals surface area contributed by atoms with Crippen molar-refractivity contribution in [1.82, 2.24) is 4.72 Å². The molecule has 0 radical (unpaired) electrons. The molecule has 3 rings (SSSR count). The molecule has 0 aromatic heterocycles. The number of carboxylic acid groups (broad SMARTS) is 1. The number of carbonyl (C=O) groups excluding carboxylic acids is 1. The maximum atomic E-state index is 12.6. The van der Waals surface area contributed by atoms with Crippen molar-refractivity contribution in [3.8, 4) is 0 Å². The fraction of sp³-hybridized carbons (Fsp3) is 0.556. The van der Waals surface area contributed by atoms with Gasteiger partial charge in [-0.05, 0) is 56.2 Å². The number of anilines is 1. The van der Waals surface area contributed by atoms with Crippen molar-refractivity contribution in [2.24, 2.45) is 11.8 Å². The first-order valence-corrected chi connectivity index (χ1v) is 11.5. The Balaban J connectivity index is 1.63. The topological polar surface area (TPSA) is 113 Å². The van der Waals surface area contributed by atoms with E-state index in [9.17, 15) is 18.0 Å². The van der Waals surface area contributed by atoms with Crippen LogP contribution in [-0.4, -0.2) is 37.2 Å². The highest BCUT2D eigenvalue weighted by atomic mass is 32.2. The number of thioether (sulfide) groups is 1. The number of sulfonamides is 1. The van der Waals surface area contributed by atoms with Crippen LogP contribution in [0.25, 0.3) is 0 Å². The van der Waals surface area contributed by atoms with Crippen LogP contribution in [0, 0.1) is 11.8 Å². The van der Waals surface area contributed by atoms with Gasteiger partial charge in [0.25, 0.3) is 0 Å². The van der Waals surface area contributed by atoms with Crippen LogP contribution in [0.1, 0.15) is 39.0 Å². The minimum absolute atomic E-state index is 0.104. The third-order valence-electron chi connectivity index (χ3n) is 5.21. The summed E-state index contributed by atoms with van der Waals surface area (Å²) in [6, 6.07) is 4.78. The molecule has 27 heavy (non-hydrogen) atoms. The van der Waals surface area contributed by atoms with Crippen LogP contribution in [0.2, 0.25) is 0 Å². The molecule has 1 aliphatic carbocycles. The van der Waals surface area contributed by atoms with Gasteiger partial charge in [0.1, 0.15) is 0 Å². The molecular weight excluding hydrogens is 388 g/mol. The average Bonchev–Trinajstić information content (AvgIpc) is 2.65. The Morgan fingerprint density at radius 3 is 2.63 bits per heavy atom. The zero-order valence-electron chi connectivity index (χ0n) is 15.1. The van der Waals surface area contributed by atoms with Crippen LogP contribution in [0.4, 0.5) is 5.69 Å². The average molecular weight is 413 g/mol. The van der Waals surface area contributed by atoms with Gasteiger partial charge in [0, 0.05) is 11.4 Å². The van der Waals surface area contributed by atoms with Crippen molar-refractivity contribution in [1.29, 1.82) is 0 Å². The Morgan fingerprint density at radius 1 is 1.30 bits per heavy atom. The zero-order valence-corrected chi connectivity index (χ0v) is 16.7. The summed E-state index contributed by atoms with van der Waals surface area (Å²) in [5.74, 6) is -1.04. The van der Waals surface area contributed by atoms with Crippen LogP contribution in [0.3, 0.4) is 0 Å². The second-order valence-electron chi connectivity index (χ2n) is 7.07. The highest BCUT2D eigenvalue weighted by Gasteiger charge is 2.29. The van der Waals surface area contributed by atoms with Gasteiger partial charge in [-0.25, -0.2) is 13.1 Å². The lowest BCUT2D eigenvalue weighted by molar-refractivity contribution is -0.143. The molecule has 1 saturated carbocycles. The summed E-state index contributed by atoms with van der Waals surface area (Å²) in [6.07, 6.45) is 3.29. The third kappa shape index (κ3) is 4.64. The van der Waals surface area contributed by atoms with Gasteiger partial charge in [-0.2, -0.15) is 0 Å². The van der Waals surface area contributed by atoms with E-state index in [2.05, 4.69) is 10.0 Å². The number of fused-ring (bicyclic) bond motifs is 1. The van der Waals surface area contributed by atoms with Crippen LogP contribution in [0.5, 0.6) is 0 Å². The SMILES string of the molecule is CC[C@H]1Sc2ccc(S(=O)(=O)NCC3CCC(C(=O)O)CC3)cc2NC1=O. The molecule has 1 aromatic rings. The minimum Gasteiger partial charge on any atom is -0.481 e. The zero-order chi connectivity index (χ0) is 19.6. The fourth-order valence-corrected chi connectivity index (χ4v) is 5.65. The molecule has 1 atom stereocenters. The van der Waals surface area contributed by atoms with Gasteiger partial charge in [0.2, 0.25) is 15.9 Å². The van der Waals surface area contributed by atoms with Crippen LogP contribution in [-0.2, 0) is 19.6 Å². The van der Waals surface area contributed by atoms with Crippen molar-refractivity contribution < 1.29 is 23.1 Å². The summed E-state index contributed by atoms with van der Waals surface area (Å²) in [4.78, 5) is 24.0. The number of hydrogen-bond donors (Lipinski definition) is 3. The Hall–Kier alpha value is -1.58. The molecule has 3 N–H and O–H groups in total. The molecule has 1 aliphatic heterocycles. The van der Waals surface area contributed by atoms with Crippen molar-refractivity contribution in [2.75, 3.05) is 11.9 Å². The van der Waals surface area contributed by atoms with E-state index >= 15 is 0 Å². The molecule has 0 saturated heterocycles. The molecule has 2 aliphatic rings. The fourth-order valence-electron chi connectivity index (χ4n) is 3.49. The quantitative estimate of drug-likeness (QED) is 0.662. The molecule has 1 aromatic carbocycles. The van der Waals surface area contributed by atoms with Gasteiger partial charge in [-0.3, -0.25) is 9.59 Å². The maximum absolute atomic E-state index is 12.6. The number of benzene rings is 1. The summed E-state index contributed by atoms with van der Waals surface area (Å²) in [5, 5.41) is 11.7. The molecular formula is C18H24N2O5S2. The highest BCUT2D eigenvalue weighted by molar-refractivity contribution is 8.01. The minimum atomic E-state index is -3.69. The van der Waals surface area contributed by atoms with E-state index in [1.54, 1.807) is 12.1 Å². The summed E-state index contributed by atoms with van der Waals surface area (Å²) in [7, 11) is -3.69. The Kier molecular flexibility index (Phi) is 6.12. The molecule has 0 unspecified atom stereocenters. The van der Waals surface area contributed by atoms with Gasteiger partial charge < -0.3 is 10.4 Å². The van der Waals surface area contributed by atoms with E-state index in [1.165, 1.54) is 17.8 Å². The highest BCUT2D eigenvalue weighted by Crippen LogP contribution is 2.38. The van der Waals surface area contributed by atoms with Crippen molar-refractivity contribution >= 4 is 39.3 Å². The van der Waals surface area contributed by atoms with E-state index in [0.29, 0.717) is 44.3 Å². The number of aliphatic carboxylic acids is 1. The first kappa shape index (κ1) is 20.2. The third-order valence-corrected chi connectivity index (χ3v) is 8.07. The Bertz CT molecular complexity index is 832. The normalized spacial score (nSPS) is 25.5. The molecule has 7 nitrogen and oxygen atoms in total. The van der Waals surface area contributed by atoms with Crippen LogP contribution < -0.4 is 10.0 Å². The van der Waals surface area contributed by atoms with Gasteiger partial charge in [-0.1, -0.05) is 6.92 Å². The Morgan fingerprint density at radius 2 is 2.00 bits per heavy atom. The summed E-state index contributed by atoms with van der Waals surface area (Å²) in [5.41, 5.74) is 0.527. The molecule has 1 fully saturated rings. The van der Waals surface area contributed by atoms with Crippen molar-refractivity contribution in [3.05, 3.63) is 18.2 Å². The number of carboxylic acids is 1. The number of hydrogen-bond acceptors (Lipinski definition) is 5. The Labute approximate surface area is 163 Å². The van der Waals surface area contributed by atoms with Gasteiger partial charge in [0.05, 0.1) is 21.8 Å². The summed E-state index contributed by atoms with van der Waals surface area (Å²) < 4.78 is 27.9. The van der Waals surface area contributed by atoms with Crippen molar-refractivity contribution in [3.63, 3.8) is 0 Å². The molecule has 0 spiro atoms. The van der Waals surface area contributed by atoms with E-state index in [4.69, 9.17) is 5.11 Å². The van der Waals surface area contributed by atoms with E-state index in [-0.39, 0.29) is 27.9 Å². The molecule has 1 heterocycles. The molecule has 1 amide bonds. The van der Waals surface area contributed by atoms with Gasteiger partial charge in [0.15, 0.2) is 0 Å².